The minimum Gasteiger partial charge on any atom is -0.394 e. The van der Waals surface area contributed by atoms with E-state index in [1.54, 1.807) is 6.92 Å². The van der Waals surface area contributed by atoms with Crippen molar-refractivity contribution in [1.82, 2.24) is 0 Å². The first-order valence-corrected chi connectivity index (χ1v) is 10.8. The quantitative estimate of drug-likeness (QED) is 0.221. The zero-order valence-electron chi connectivity index (χ0n) is 19.0. The van der Waals surface area contributed by atoms with E-state index >= 15 is 0 Å². The molecule has 0 aromatic carbocycles. The number of hydrogen-bond acceptors (Lipinski definition) is 10. The van der Waals surface area contributed by atoms with Crippen molar-refractivity contribution in [2.75, 3.05) is 6.61 Å². The van der Waals surface area contributed by atoms with E-state index in [2.05, 4.69) is 6.58 Å². The van der Waals surface area contributed by atoms with E-state index in [0.29, 0.717) is 12.8 Å². The molecule has 32 heavy (non-hydrogen) atoms. The Labute approximate surface area is 188 Å². The Balaban J connectivity index is 2.53. The number of ether oxygens (including phenoxy) is 3. The first-order chi connectivity index (χ1) is 14.8. The summed E-state index contributed by atoms with van der Waals surface area (Å²) >= 11 is 0. The molecule has 2 fully saturated rings. The summed E-state index contributed by atoms with van der Waals surface area (Å²) in [6.45, 7) is 10.1. The van der Waals surface area contributed by atoms with E-state index in [1.807, 2.05) is 19.9 Å². The van der Waals surface area contributed by atoms with Crippen LogP contribution in [-0.4, -0.2) is 103 Å². The van der Waals surface area contributed by atoms with E-state index in [4.69, 9.17) is 14.2 Å². The molecule has 2 heterocycles. The van der Waals surface area contributed by atoms with Gasteiger partial charge < -0.3 is 50.0 Å². The summed E-state index contributed by atoms with van der Waals surface area (Å²) in [5.74, 6) is -2.14. The lowest BCUT2D eigenvalue weighted by atomic mass is 9.71. The summed E-state index contributed by atoms with van der Waals surface area (Å²) in [5, 5.41) is 72.4. The molecule has 0 aromatic rings. The maximum Gasteiger partial charge on any atom is 0.209 e. The van der Waals surface area contributed by atoms with Gasteiger partial charge in [-0.2, -0.15) is 0 Å². The Morgan fingerprint density at radius 2 is 1.66 bits per heavy atom. The Kier molecular flexibility index (Phi) is 9.02. The van der Waals surface area contributed by atoms with Gasteiger partial charge in [0.05, 0.1) is 12.7 Å². The van der Waals surface area contributed by atoms with Crippen LogP contribution in [0.3, 0.4) is 0 Å². The summed E-state index contributed by atoms with van der Waals surface area (Å²) < 4.78 is 17.5. The van der Waals surface area contributed by atoms with Crippen LogP contribution in [0.2, 0.25) is 0 Å². The third-order valence-electron chi connectivity index (χ3n) is 6.51. The number of rotatable bonds is 8. The monoisotopic (exact) mass is 462 g/mol. The molecular formula is C22H38O10. The number of aliphatic hydroxyl groups excluding tert-OH is 7. The highest BCUT2D eigenvalue weighted by atomic mass is 16.8. The van der Waals surface area contributed by atoms with Crippen molar-refractivity contribution in [1.29, 1.82) is 0 Å². The van der Waals surface area contributed by atoms with Crippen molar-refractivity contribution in [2.45, 2.75) is 101 Å². The fourth-order valence-electron chi connectivity index (χ4n) is 4.21. The lowest BCUT2D eigenvalue weighted by Gasteiger charge is -2.57. The SMILES string of the molecule is C=CC(C)(CCC=C(C)C)C1(OC2O[C@H](C)[C@@H](O)[C@H](O)[C@@H]2O)O[C@H](CO)[C@@H](O)[C@H](O)[C@H]1O. The molecule has 2 aliphatic heterocycles. The standard InChI is InChI=1S/C22H38O10/c1-6-21(5,9-7-8-11(2)3)22(19(29)17(27)15(25)13(10-23)31-22)32-20-18(28)16(26)14(24)12(4)30-20/h6,8,12-20,23-29H,1,7,9-10H2,2-5H3/t12-,13-,14-,15-,16+,17+,18+,19-,20?,21?,22?/m1/s1. The molecule has 0 aromatic heterocycles. The highest BCUT2D eigenvalue weighted by Crippen LogP contribution is 2.49. The highest BCUT2D eigenvalue weighted by molar-refractivity contribution is 5.12. The van der Waals surface area contributed by atoms with Gasteiger partial charge in [-0.25, -0.2) is 0 Å². The van der Waals surface area contributed by atoms with Gasteiger partial charge in [0.15, 0.2) is 6.29 Å². The molecule has 0 radical (unpaired) electrons. The molecule has 2 aliphatic rings. The fraction of sp³-hybridized carbons (Fsp3) is 0.818. The predicted molar refractivity (Wildman–Crippen MR) is 113 cm³/mol. The smallest absolute Gasteiger partial charge is 0.209 e. The summed E-state index contributed by atoms with van der Waals surface area (Å²) in [6.07, 6.45) is -9.49. The second-order valence-corrected chi connectivity index (χ2v) is 9.17. The van der Waals surface area contributed by atoms with Crippen LogP contribution in [-0.2, 0) is 14.2 Å². The zero-order valence-corrected chi connectivity index (χ0v) is 19.0. The van der Waals surface area contributed by atoms with Crippen molar-refractivity contribution >= 4 is 0 Å². The third-order valence-corrected chi connectivity index (χ3v) is 6.51. The van der Waals surface area contributed by atoms with Crippen LogP contribution in [0.25, 0.3) is 0 Å². The Morgan fingerprint density at radius 3 is 2.19 bits per heavy atom. The van der Waals surface area contributed by atoms with Crippen LogP contribution in [0.5, 0.6) is 0 Å². The largest absolute Gasteiger partial charge is 0.394 e. The van der Waals surface area contributed by atoms with Crippen molar-refractivity contribution in [3.05, 3.63) is 24.3 Å². The predicted octanol–water partition coefficient (Wildman–Crippen LogP) is -1.06. The van der Waals surface area contributed by atoms with E-state index < -0.39 is 72.9 Å². The molecular weight excluding hydrogens is 424 g/mol. The minimum atomic E-state index is -2.14. The first kappa shape index (κ1) is 27.3. The average molecular weight is 463 g/mol. The van der Waals surface area contributed by atoms with Crippen LogP contribution < -0.4 is 0 Å². The molecule has 0 saturated carbocycles. The van der Waals surface area contributed by atoms with Crippen LogP contribution >= 0.6 is 0 Å². The Hall–Kier alpha value is -0.920. The van der Waals surface area contributed by atoms with Crippen molar-refractivity contribution in [3.63, 3.8) is 0 Å². The molecule has 11 atom stereocenters. The molecule has 3 unspecified atom stereocenters. The van der Waals surface area contributed by atoms with Gasteiger partial charge >= 0.3 is 0 Å². The average Bonchev–Trinajstić information content (AvgIpc) is 2.75. The zero-order chi connectivity index (χ0) is 24.4. The van der Waals surface area contributed by atoms with Gasteiger partial charge in [-0.1, -0.05) is 24.6 Å². The summed E-state index contributed by atoms with van der Waals surface area (Å²) in [4.78, 5) is 0. The number of aliphatic hydroxyl groups is 7. The van der Waals surface area contributed by atoms with Gasteiger partial charge in [-0.3, -0.25) is 0 Å². The van der Waals surface area contributed by atoms with Crippen LogP contribution in [0.1, 0.15) is 40.5 Å². The second-order valence-electron chi connectivity index (χ2n) is 9.17. The van der Waals surface area contributed by atoms with Crippen molar-refractivity contribution in [3.8, 4) is 0 Å². The maximum atomic E-state index is 11.1. The number of hydrogen-bond donors (Lipinski definition) is 7. The lowest BCUT2D eigenvalue weighted by Crippen LogP contribution is -2.73. The molecule has 0 bridgehead atoms. The van der Waals surface area contributed by atoms with E-state index in [9.17, 15) is 35.7 Å². The second kappa shape index (κ2) is 10.6. The van der Waals surface area contributed by atoms with Crippen LogP contribution in [0, 0.1) is 5.41 Å². The fourth-order valence-corrected chi connectivity index (χ4v) is 4.21. The summed E-state index contributed by atoms with van der Waals surface area (Å²) in [7, 11) is 0. The first-order valence-electron chi connectivity index (χ1n) is 10.8. The minimum absolute atomic E-state index is 0.309. The molecule has 2 rings (SSSR count). The van der Waals surface area contributed by atoms with E-state index in [-0.39, 0.29) is 0 Å². The number of allylic oxidation sites excluding steroid dienone is 2. The lowest BCUT2D eigenvalue weighted by molar-refractivity contribution is -0.444. The van der Waals surface area contributed by atoms with Gasteiger partial charge in [0.25, 0.3) is 0 Å². The molecule has 2 saturated heterocycles. The van der Waals surface area contributed by atoms with Gasteiger partial charge in [-0.15, -0.1) is 6.58 Å². The molecule has 0 amide bonds. The van der Waals surface area contributed by atoms with Crippen LogP contribution in [0.4, 0.5) is 0 Å². The van der Waals surface area contributed by atoms with Gasteiger partial charge in [0, 0.05) is 5.41 Å². The Bertz CT molecular complexity index is 665. The van der Waals surface area contributed by atoms with E-state index in [0.717, 1.165) is 5.57 Å². The molecule has 10 nitrogen and oxygen atoms in total. The van der Waals surface area contributed by atoms with Crippen molar-refractivity contribution in [2.24, 2.45) is 5.41 Å². The molecule has 0 spiro atoms. The molecule has 0 aliphatic carbocycles. The van der Waals surface area contributed by atoms with E-state index in [1.165, 1.54) is 13.0 Å². The summed E-state index contributed by atoms with van der Waals surface area (Å²) in [6, 6.07) is 0. The van der Waals surface area contributed by atoms with Gasteiger partial charge in [-0.05, 0) is 33.6 Å². The Morgan fingerprint density at radius 1 is 1.03 bits per heavy atom. The maximum absolute atomic E-state index is 11.1. The highest BCUT2D eigenvalue weighted by Gasteiger charge is 2.64. The molecule has 7 N–H and O–H groups in total. The molecule has 10 heteroatoms. The normalized spacial score (nSPS) is 44.5. The third kappa shape index (κ3) is 4.95. The topological polar surface area (TPSA) is 169 Å². The van der Waals surface area contributed by atoms with Crippen LogP contribution in [0.15, 0.2) is 24.3 Å². The van der Waals surface area contributed by atoms with Gasteiger partial charge in [0.2, 0.25) is 5.79 Å². The molecule has 186 valence electrons. The van der Waals surface area contributed by atoms with Gasteiger partial charge in [0.1, 0.15) is 42.7 Å². The van der Waals surface area contributed by atoms with Crippen molar-refractivity contribution < 1.29 is 50.0 Å². The summed E-state index contributed by atoms with van der Waals surface area (Å²) in [5.41, 5.74) is -0.169.